The van der Waals surface area contributed by atoms with Crippen molar-refractivity contribution in [3.63, 3.8) is 0 Å². The van der Waals surface area contributed by atoms with E-state index in [1.54, 1.807) is 12.1 Å². The maximum Gasteiger partial charge on any atom is 0.226 e. The van der Waals surface area contributed by atoms with Crippen LogP contribution in [0.3, 0.4) is 0 Å². The second-order valence-corrected chi connectivity index (χ2v) is 13.3. The Balaban J connectivity index is 1.09. The molecular weight excluding hydrogens is 432 g/mol. The van der Waals surface area contributed by atoms with Gasteiger partial charge in [0.15, 0.2) is 9.84 Å². The summed E-state index contributed by atoms with van der Waals surface area (Å²) in [5.41, 5.74) is 1.61. The van der Waals surface area contributed by atoms with Crippen LogP contribution in [0.1, 0.15) is 50.6 Å². The van der Waals surface area contributed by atoms with Crippen LogP contribution >= 0.6 is 0 Å². The van der Waals surface area contributed by atoms with Gasteiger partial charge in [-0.15, -0.1) is 0 Å². The molecule has 1 saturated heterocycles. The van der Waals surface area contributed by atoms with Gasteiger partial charge in [-0.2, -0.15) is 0 Å². The van der Waals surface area contributed by atoms with Crippen molar-refractivity contribution in [2.45, 2.75) is 62.8 Å². The second-order valence-electron chi connectivity index (χ2n) is 11.3. The van der Waals surface area contributed by atoms with E-state index < -0.39 is 9.84 Å². The first-order valence-corrected chi connectivity index (χ1v) is 14.7. The Morgan fingerprint density at radius 3 is 2.30 bits per heavy atom. The van der Waals surface area contributed by atoms with Gasteiger partial charge in [0.05, 0.1) is 16.1 Å². The highest BCUT2D eigenvalue weighted by atomic mass is 32.2. The molecule has 1 aromatic carbocycles. The predicted molar refractivity (Wildman–Crippen MR) is 131 cm³/mol. The van der Waals surface area contributed by atoms with Crippen molar-refractivity contribution in [1.29, 1.82) is 0 Å². The molecule has 0 amide bonds. The zero-order chi connectivity index (χ0) is 22.7. The first kappa shape index (κ1) is 21.8. The number of hydrogen-bond donors (Lipinski definition) is 1. The van der Waals surface area contributed by atoms with Crippen LogP contribution in [0.15, 0.2) is 23.1 Å². The number of benzene rings is 1. The smallest absolute Gasteiger partial charge is 0.226 e. The van der Waals surface area contributed by atoms with Gasteiger partial charge in [-0.1, -0.05) is 0 Å². The maximum atomic E-state index is 12.0. The van der Waals surface area contributed by atoms with Crippen LogP contribution in [0, 0.1) is 36.5 Å². The van der Waals surface area contributed by atoms with Crippen LogP contribution in [0.2, 0.25) is 0 Å². The summed E-state index contributed by atoms with van der Waals surface area (Å²) >= 11 is 0. The molecule has 0 atom stereocenters. The van der Waals surface area contributed by atoms with Gasteiger partial charge in [0.2, 0.25) is 5.95 Å². The van der Waals surface area contributed by atoms with E-state index in [0.717, 1.165) is 72.5 Å². The molecule has 5 aliphatic rings. The summed E-state index contributed by atoms with van der Waals surface area (Å²) in [5.74, 6) is 5.70. The van der Waals surface area contributed by atoms with E-state index in [2.05, 4.69) is 10.2 Å². The zero-order valence-corrected chi connectivity index (χ0v) is 20.7. The van der Waals surface area contributed by atoms with Crippen LogP contribution in [-0.4, -0.2) is 50.3 Å². The van der Waals surface area contributed by atoms with Crippen molar-refractivity contribution in [2.24, 2.45) is 29.6 Å². The van der Waals surface area contributed by atoms with Gasteiger partial charge in [0.1, 0.15) is 0 Å². The quantitative estimate of drug-likeness (QED) is 0.716. The van der Waals surface area contributed by atoms with Crippen LogP contribution in [0.25, 0.3) is 10.9 Å². The van der Waals surface area contributed by atoms with Gasteiger partial charge in [-0.3, -0.25) is 0 Å². The van der Waals surface area contributed by atoms with Crippen LogP contribution in [0.4, 0.5) is 5.95 Å². The van der Waals surface area contributed by atoms with Crippen molar-refractivity contribution in [3.8, 4) is 0 Å². The summed E-state index contributed by atoms with van der Waals surface area (Å²) in [4.78, 5) is 12.1. The molecule has 4 bridgehead atoms. The minimum Gasteiger partial charge on any atom is -0.341 e. The van der Waals surface area contributed by atoms with Gasteiger partial charge >= 0.3 is 0 Å². The normalized spacial score (nSPS) is 32.1. The molecule has 4 saturated carbocycles. The average molecular weight is 469 g/mol. The summed E-state index contributed by atoms with van der Waals surface area (Å²) in [7, 11) is -3.26. The fraction of sp³-hybridized carbons (Fsp3) is 0.692. The Kier molecular flexibility index (Phi) is 5.41. The molecule has 178 valence electrons. The molecule has 6 nitrogen and oxygen atoms in total. The van der Waals surface area contributed by atoms with Crippen molar-refractivity contribution >= 4 is 26.7 Å². The van der Waals surface area contributed by atoms with E-state index in [1.165, 1.54) is 44.9 Å². The average Bonchev–Trinajstić information content (AvgIpc) is 2.77. The zero-order valence-electron chi connectivity index (χ0n) is 19.8. The third-order valence-electron chi connectivity index (χ3n) is 9.12. The standard InChI is InChI=1S/C26H36N4O2S/c1-16-23-4-3-22(33(2,31)32)14-25(23)29-26(28-16)30-7-5-21(6-8-30)27-15-24-19-10-17-9-18(12-19)13-20(24)11-17/h3-4,14,17-21,24,27H,5-13,15H2,1-2H3. The highest BCUT2D eigenvalue weighted by Gasteiger charge is 2.47. The Labute approximate surface area is 197 Å². The molecule has 0 spiro atoms. The summed E-state index contributed by atoms with van der Waals surface area (Å²) in [6.07, 6.45) is 11.0. The summed E-state index contributed by atoms with van der Waals surface area (Å²) in [5, 5.41) is 4.87. The lowest BCUT2D eigenvalue weighted by Crippen LogP contribution is -2.51. The number of aryl methyl sites for hydroxylation is 1. The molecule has 33 heavy (non-hydrogen) atoms. The summed E-state index contributed by atoms with van der Waals surface area (Å²) in [6.45, 7) is 5.07. The number of hydrogen-bond acceptors (Lipinski definition) is 6. The number of aromatic nitrogens is 2. The molecule has 1 N–H and O–H groups in total. The molecule has 1 aliphatic heterocycles. The number of rotatable bonds is 5. The van der Waals surface area contributed by atoms with Crippen molar-refractivity contribution in [3.05, 3.63) is 23.9 Å². The van der Waals surface area contributed by atoms with E-state index in [-0.39, 0.29) is 0 Å². The lowest BCUT2D eigenvalue weighted by atomic mass is 9.52. The SMILES string of the molecule is Cc1nc(N2CCC(NCC3C4CC5CC(C4)CC3C5)CC2)nc2cc(S(C)(=O)=O)ccc12. The predicted octanol–water partition coefficient (Wildman–Crippen LogP) is 3.97. The first-order valence-electron chi connectivity index (χ1n) is 12.8. The van der Waals surface area contributed by atoms with Gasteiger partial charge in [0.25, 0.3) is 0 Å². The van der Waals surface area contributed by atoms with E-state index in [9.17, 15) is 8.42 Å². The molecule has 7 rings (SSSR count). The summed E-state index contributed by atoms with van der Waals surface area (Å²) in [6, 6.07) is 5.73. The molecular formula is C26H36N4O2S. The Morgan fingerprint density at radius 2 is 1.67 bits per heavy atom. The molecule has 5 fully saturated rings. The number of sulfone groups is 1. The molecule has 4 aliphatic carbocycles. The van der Waals surface area contributed by atoms with E-state index in [1.807, 2.05) is 13.0 Å². The van der Waals surface area contributed by atoms with E-state index in [0.29, 0.717) is 16.5 Å². The Morgan fingerprint density at radius 1 is 1.00 bits per heavy atom. The van der Waals surface area contributed by atoms with Crippen molar-refractivity contribution in [1.82, 2.24) is 15.3 Å². The third-order valence-corrected chi connectivity index (χ3v) is 10.2. The lowest BCUT2D eigenvalue weighted by Gasteiger charge is -2.54. The molecule has 7 heteroatoms. The first-order chi connectivity index (χ1) is 15.8. The number of anilines is 1. The summed E-state index contributed by atoms with van der Waals surface area (Å²) < 4.78 is 24.0. The third kappa shape index (κ3) is 4.16. The van der Waals surface area contributed by atoms with Gasteiger partial charge in [-0.05, 0) is 106 Å². The number of piperidine rings is 1. The fourth-order valence-corrected chi connectivity index (χ4v) is 8.22. The largest absolute Gasteiger partial charge is 0.341 e. The minimum absolute atomic E-state index is 0.312. The van der Waals surface area contributed by atoms with E-state index >= 15 is 0 Å². The Bertz CT molecular complexity index is 1130. The number of nitrogens with one attached hydrogen (secondary N) is 1. The highest BCUT2D eigenvalue weighted by molar-refractivity contribution is 7.90. The fourth-order valence-electron chi connectivity index (χ4n) is 7.58. The van der Waals surface area contributed by atoms with Gasteiger partial charge in [0, 0.05) is 30.8 Å². The molecule has 2 aromatic rings. The Hall–Kier alpha value is -1.73. The van der Waals surface area contributed by atoms with Gasteiger partial charge < -0.3 is 10.2 Å². The minimum atomic E-state index is -3.26. The lowest BCUT2D eigenvalue weighted by molar-refractivity contribution is -0.0365. The number of fused-ring (bicyclic) bond motifs is 1. The van der Waals surface area contributed by atoms with Crippen molar-refractivity contribution < 1.29 is 8.42 Å². The molecule has 0 unspecified atom stereocenters. The highest BCUT2D eigenvalue weighted by Crippen LogP contribution is 2.56. The number of nitrogens with zero attached hydrogens (tertiary/aromatic N) is 3. The van der Waals surface area contributed by atoms with Crippen LogP contribution < -0.4 is 10.2 Å². The second kappa shape index (κ2) is 8.19. The molecule has 2 heterocycles. The van der Waals surface area contributed by atoms with Crippen LogP contribution in [0.5, 0.6) is 0 Å². The molecule has 1 aromatic heterocycles. The topological polar surface area (TPSA) is 75.2 Å². The van der Waals surface area contributed by atoms with Gasteiger partial charge in [-0.25, -0.2) is 18.4 Å². The monoisotopic (exact) mass is 468 g/mol. The molecule has 0 radical (unpaired) electrons. The maximum absolute atomic E-state index is 12.0. The van der Waals surface area contributed by atoms with Crippen LogP contribution in [-0.2, 0) is 9.84 Å². The van der Waals surface area contributed by atoms with E-state index in [4.69, 9.17) is 9.97 Å². The van der Waals surface area contributed by atoms with Crippen molar-refractivity contribution in [2.75, 3.05) is 30.8 Å².